The van der Waals surface area contributed by atoms with Gasteiger partial charge >= 0.3 is 0 Å². The van der Waals surface area contributed by atoms with Crippen LogP contribution in [0.1, 0.15) is 21.6 Å². The van der Waals surface area contributed by atoms with Gasteiger partial charge in [-0.1, -0.05) is 30.3 Å². The molecular formula is C21H12N2O4S. The summed E-state index contributed by atoms with van der Waals surface area (Å²) in [5, 5.41) is 8.91. The van der Waals surface area contributed by atoms with Crippen molar-refractivity contribution in [1.29, 1.82) is 5.26 Å². The molecule has 0 unspecified atom stereocenters. The van der Waals surface area contributed by atoms with E-state index in [1.165, 1.54) is 36.5 Å². The smallest absolute Gasteiger partial charge is 0.268 e. The molecule has 0 saturated carbocycles. The van der Waals surface area contributed by atoms with Crippen molar-refractivity contribution >= 4 is 27.7 Å². The van der Waals surface area contributed by atoms with E-state index in [0.29, 0.717) is 16.7 Å². The Bertz CT molecular complexity index is 1290. The van der Waals surface area contributed by atoms with Gasteiger partial charge in [-0.25, -0.2) is 12.4 Å². The molecule has 0 amide bonds. The van der Waals surface area contributed by atoms with E-state index in [4.69, 9.17) is 5.26 Å². The number of aromatic nitrogens is 1. The zero-order valence-corrected chi connectivity index (χ0v) is 15.2. The molecule has 4 rings (SSSR count). The molecule has 1 aromatic heterocycles. The second kappa shape index (κ2) is 6.44. The number of carbonyl (C=O) groups excluding carboxylic acids is 2. The number of carbonyl (C=O) groups is 2. The summed E-state index contributed by atoms with van der Waals surface area (Å²) in [4.78, 5) is 24.4. The van der Waals surface area contributed by atoms with Gasteiger partial charge in [-0.2, -0.15) is 5.26 Å². The van der Waals surface area contributed by atoms with E-state index in [1.54, 1.807) is 30.3 Å². The Morgan fingerprint density at radius 3 is 2.21 bits per heavy atom. The highest BCUT2D eigenvalue weighted by molar-refractivity contribution is 7.90. The molecule has 136 valence electrons. The fourth-order valence-electron chi connectivity index (χ4n) is 3.10. The molecule has 0 saturated heterocycles. The van der Waals surface area contributed by atoms with Crippen LogP contribution in [0.3, 0.4) is 0 Å². The monoisotopic (exact) mass is 388 g/mol. The Balaban J connectivity index is 1.98. The number of benzene rings is 2. The van der Waals surface area contributed by atoms with Gasteiger partial charge in [0, 0.05) is 11.8 Å². The minimum atomic E-state index is -4.04. The van der Waals surface area contributed by atoms with E-state index >= 15 is 0 Å². The highest BCUT2D eigenvalue weighted by atomic mass is 32.2. The predicted molar refractivity (Wildman–Crippen MR) is 102 cm³/mol. The van der Waals surface area contributed by atoms with Crippen LogP contribution in [-0.2, 0) is 14.8 Å². The third-order valence-electron chi connectivity index (χ3n) is 4.48. The number of rotatable bonds is 3. The summed E-state index contributed by atoms with van der Waals surface area (Å²) in [5.41, 5.74) is 1.53. The molecule has 0 bridgehead atoms. The minimum Gasteiger partial charge on any atom is -0.286 e. The van der Waals surface area contributed by atoms with Crippen molar-refractivity contribution in [2.24, 2.45) is 0 Å². The number of hydrogen-bond donors (Lipinski definition) is 0. The fraction of sp³-hybridized carbons (Fsp3) is 0. The van der Waals surface area contributed by atoms with Crippen molar-refractivity contribution in [3.05, 3.63) is 83.7 Å². The average Bonchev–Trinajstić information content (AvgIpc) is 3.12. The summed E-state index contributed by atoms with van der Waals surface area (Å²) in [5.74, 6) is -1.44. The lowest BCUT2D eigenvalue weighted by Crippen LogP contribution is -2.20. The molecule has 0 fully saturated rings. The number of Topliss-reactive ketones (excluding diaryl/α,β-unsaturated/α-hetero) is 1. The van der Waals surface area contributed by atoms with Crippen LogP contribution in [0.25, 0.3) is 17.2 Å². The summed E-state index contributed by atoms with van der Waals surface area (Å²) < 4.78 is 27.4. The molecular weight excluding hydrogens is 376 g/mol. The highest BCUT2D eigenvalue weighted by Gasteiger charge is 2.32. The number of nitrogens with zero attached hydrogens (tertiary/aromatic N) is 2. The first-order valence-electron chi connectivity index (χ1n) is 8.27. The second-order valence-corrected chi connectivity index (χ2v) is 7.95. The van der Waals surface area contributed by atoms with E-state index in [2.05, 4.69) is 0 Å². The maximum absolute atomic E-state index is 13.2. The van der Waals surface area contributed by atoms with E-state index in [9.17, 15) is 18.0 Å². The summed E-state index contributed by atoms with van der Waals surface area (Å²) in [7, 11) is -4.04. The number of fused-ring (bicyclic) bond motifs is 1. The van der Waals surface area contributed by atoms with Crippen LogP contribution in [-0.4, -0.2) is 24.0 Å². The van der Waals surface area contributed by atoms with Gasteiger partial charge in [0.05, 0.1) is 27.8 Å². The SMILES string of the molecule is N#Cc1ccc(S(=O)(=O)n2cc(-c3ccccc3)c3c2C=CC(=O)C3=O)cc1. The largest absolute Gasteiger partial charge is 0.286 e. The number of ketones is 2. The Hall–Kier alpha value is -3.76. The standard InChI is InChI=1S/C21H12N2O4S/c22-12-14-6-8-16(9-7-14)28(26,27)23-13-17(15-4-2-1-3-5-15)20-18(23)10-11-19(24)21(20)25/h1-11,13H. The van der Waals surface area contributed by atoms with Crippen LogP contribution < -0.4 is 0 Å². The lowest BCUT2D eigenvalue weighted by molar-refractivity contribution is -0.110. The molecule has 3 aromatic rings. The molecule has 1 aliphatic carbocycles. The van der Waals surface area contributed by atoms with Gasteiger partial charge in [-0.15, -0.1) is 0 Å². The summed E-state index contributed by atoms with van der Waals surface area (Å²) >= 11 is 0. The quantitative estimate of drug-likeness (QED) is 0.643. The van der Waals surface area contributed by atoms with Crippen molar-refractivity contribution in [1.82, 2.24) is 3.97 Å². The first-order valence-corrected chi connectivity index (χ1v) is 9.71. The fourth-order valence-corrected chi connectivity index (χ4v) is 4.46. The molecule has 0 aliphatic heterocycles. The second-order valence-electron chi connectivity index (χ2n) is 6.13. The lowest BCUT2D eigenvalue weighted by atomic mass is 9.94. The molecule has 28 heavy (non-hydrogen) atoms. The van der Waals surface area contributed by atoms with Crippen LogP contribution in [0.4, 0.5) is 0 Å². The van der Waals surface area contributed by atoms with Crippen LogP contribution in [0.2, 0.25) is 0 Å². The zero-order valence-electron chi connectivity index (χ0n) is 14.4. The van der Waals surface area contributed by atoms with Crippen molar-refractivity contribution in [2.45, 2.75) is 4.90 Å². The van der Waals surface area contributed by atoms with Gasteiger partial charge < -0.3 is 0 Å². The van der Waals surface area contributed by atoms with Gasteiger partial charge in [0.25, 0.3) is 10.0 Å². The normalized spacial score (nSPS) is 13.2. The Kier molecular flexibility index (Phi) is 4.06. The minimum absolute atomic E-state index is 0.0262. The maximum Gasteiger partial charge on any atom is 0.268 e. The molecule has 1 heterocycles. The van der Waals surface area contributed by atoms with Crippen molar-refractivity contribution in [3.63, 3.8) is 0 Å². The van der Waals surface area contributed by atoms with E-state index in [0.717, 1.165) is 10.0 Å². The van der Waals surface area contributed by atoms with E-state index in [1.807, 2.05) is 6.07 Å². The average molecular weight is 388 g/mol. The predicted octanol–water partition coefficient (Wildman–Crippen LogP) is 3.04. The van der Waals surface area contributed by atoms with Crippen LogP contribution in [0, 0.1) is 11.3 Å². The molecule has 0 N–H and O–H groups in total. The topological polar surface area (TPSA) is 97.0 Å². The van der Waals surface area contributed by atoms with Crippen LogP contribution in [0.5, 0.6) is 0 Å². The van der Waals surface area contributed by atoms with Crippen LogP contribution in [0.15, 0.2) is 71.8 Å². The highest BCUT2D eigenvalue weighted by Crippen LogP contribution is 2.34. The molecule has 2 aromatic carbocycles. The van der Waals surface area contributed by atoms with Gasteiger partial charge in [0.15, 0.2) is 0 Å². The molecule has 6 nitrogen and oxygen atoms in total. The molecule has 7 heteroatoms. The first kappa shape index (κ1) is 17.6. The number of allylic oxidation sites excluding steroid dienone is 1. The van der Waals surface area contributed by atoms with Crippen LogP contribution >= 0.6 is 0 Å². The van der Waals surface area contributed by atoms with Gasteiger partial charge in [0.2, 0.25) is 11.6 Å². The summed E-state index contributed by atoms with van der Waals surface area (Å²) in [6.07, 6.45) is 3.77. The van der Waals surface area contributed by atoms with E-state index in [-0.39, 0.29) is 16.2 Å². The van der Waals surface area contributed by atoms with E-state index < -0.39 is 21.6 Å². The van der Waals surface area contributed by atoms with Gasteiger partial charge in [0.1, 0.15) is 0 Å². The molecule has 0 atom stereocenters. The first-order chi connectivity index (χ1) is 13.4. The van der Waals surface area contributed by atoms with Crippen molar-refractivity contribution in [3.8, 4) is 17.2 Å². The van der Waals surface area contributed by atoms with Crippen molar-refractivity contribution in [2.75, 3.05) is 0 Å². The molecule has 0 radical (unpaired) electrons. The summed E-state index contributed by atoms with van der Waals surface area (Å²) in [6, 6.07) is 16.2. The number of hydrogen-bond acceptors (Lipinski definition) is 5. The Morgan fingerprint density at radius 2 is 1.57 bits per heavy atom. The Morgan fingerprint density at radius 1 is 0.893 bits per heavy atom. The third kappa shape index (κ3) is 2.68. The maximum atomic E-state index is 13.2. The van der Waals surface area contributed by atoms with Gasteiger partial charge in [-0.3, -0.25) is 9.59 Å². The Labute approximate surface area is 161 Å². The number of nitriles is 1. The molecule has 1 aliphatic rings. The molecule has 0 spiro atoms. The third-order valence-corrected chi connectivity index (χ3v) is 6.17. The summed E-state index contributed by atoms with van der Waals surface area (Å²) in [6.45, 7) is 0. The zero-order chi connectivity index (χ0) is 19.9. The van der Waals surface area contributed by atoms with Gasteiger partial charge in [-0.05, 0) is 42.0 Å². The lowest BCUT2D eigenvalue weighted by Gasteiger charge is -2.11. The van der Waals surface area contributed by atoms with Crippen molar-refractivity contribution < 1.29 is 18.0 Å².